The first-order valence-electron chi connectivity index (χ1n) is 6.28. The van der Waals surface area contributed by atoms with E-state index in [0.717, 1.165) is 12.8 Å². The van der Waals surface area contributed by atoms with Gasteiger partial charge in [-0.15, -0.1) is 0 Å². The van der Waals surface area contributed by atoms with Gasteiger partial charge in [0.2, 0.25) is 11.9 Å². The molecule has 0 aliphatic carbocycles. The number of hydrogen-bond donors (Lipinski definition) is 1. The molecule has 2 heterocycles. The average molecular weight is 262 g/mol. The molecule has 7 nitrogen and oxygen atoms in total. The first-order chi connectivity index (χ1) is 9.15. The largest absolute Gasteiger partial charge is 0.463 e. The standard InChI is InChI=1S/C12H18N6O/c1-9(2)4-3-7-19-12-16-10(13)15-11(17-12)18-6-5-14-8-18/h5-6,8-9H,3-4,7H2,1-2H3,(H2,13,15,16,17). The Labute approximate surface area is 111 Å². The van der Waals surface area contributed by atoms with Crippen LogP contribution in [0.4, 0.5) is 5.95 Å². The lowest BCUT2D eigenvalue weighted by atomic mass is 10.1. The molecule has 102 valence electrons. The van der Waals surface area contributed by atoms with Crippen molar-refractivity contribution in [1.29, 1.82) is 0 Å². The minimum Gasteiger partial charge on any atom is -0.463 e. The lowest BCUT2D eigenvalue weighted by Crippen LogP contribution is -2.09. The van der Waals surface area contributed by atoms with Gasteiger partial charge in [0.25, 0.3) is 0 Å². The summed E-state index contributed by atoms with van der Waals surface area (Å²) < 4.78 is 7.15. The van der Waals surface area contributed by atoms with E-state index in [1.54, 1.807) is 23.3 Å². The van der Waals surface area contributed by atoms with Crippen LogP contribution < -0.4 is 10.5 Å². The molecular weight excluding hydrogens is 244 g/mol. The molecule has 2 aromatic heterocycles. The number of nitrogens with two attached hydrogens (primary N) is 1. The summed E-state index contributed by atoms with van der Waals surface area (Å²) in [5.41, 5.74) is 5.64. The van der Waals surface area contributed by atoms with Crippen molar-refractivity contribution in [2.75, 3.05) is 12.3 Å². The van der Waals surface area contributed by atoms with Gasteiger partial charge in [0.05, 0.1) is 6.61 Å². The second kappa shape index (κ2) is 6.12. The molecule has 0 aliphatic rings. The summed E-state index contributed by atoms with van der Waals surface area (Å²) >= 11 is 0. The summed E-state index contributed by atoms with van der Waals surface area (Å²) in [7, 11) is 0. The number of anilines is 1. The van der Waals surface area contributed by atoms with Crippen molar-refractivity contribution in [2.24, 2.45) is 5.92 Å². The second-order valence-corrected chi connectivity index (χ2v) is 4.63. The van der Waals surface area contributed by atoms with Crippen LogP contribution in [-0.4, -0.2) is 31.1 Å². The molecule has 0 bridgehead atoms. The Hall–Kier alpha value is -2.18. The fourth-order valence-electron chi connectivity index (χ4n) is 1.57. The van der Waals surface area contributed by atoms with Crippen LogP contribution in [0, 0.1) is 5.92 Å². The number of ether oxygens (including phenoxy) is 1. The summed E-state index contributed by atoms with van der Waals surface area (Å²) in [6, 6.07) is 0.250. The van der Waals surface area contributed by atoms with E-state index >= 15 is 0 Å². The molecule has 0 amide bonds. The highest BCUT2D eigenvalue weighted by molar-refractivity contribution is 5.24. The minimum atomic E-state index is 0.137. The lowest BCUT2D eigenvalue weighted by Gasteiger charge is -2.07. The quantitative estimate of drug-likeness (QED) is 0.792. The van der Waals surface area contributed by atoms with Gasteiger partial charge in [-0.3, -0.25) is 4.57 Å². The molecule has 0 aliphatic heterocycles. The Balaban J connectivity index is 2.01. The topological polar surface area (TPSA) is 91.7 Å². The molecule has 0 radical (unpaired) electrons. The van der Waals surface area contributed by atoms with Crippen molar-refractivity contribution in [3.8, 4) is 12.0 Å². The molecular formula is C12H18N6O. The van der Waals surface area contributed by atoms with Gasteiger partial charge < -0.3 is 10.5 Å². The molecule has 0 spiro atoms. The van der Waals surface area contributed by atoms with Crippen LogP contribution in [0.1, 0.15) is 26.7 Å². The molecule has 0 saturated heterocycles. The Kier molecular flexibility index (Phi) is 4.27. The predicted octanol–water partition coefficient (Wildman–Crippen LogP) is 1.45. The van der Waals surface area contributed by atoms with Crippen molar-refractivity contribution in [2.45, 2.75) is 26.7 Å². The third kappa shape index (κ3) is 3.90. The normalized spacial score (nSPS) is 10.9. The molecule has 0 atom stereocenters. The zero-order valence-corrected chi connectivity index (χ0v) is 11.2. The molecule has 7 heteroatoms. The van der Waals surface area contributed by atoms with Gasteiger partial charge in [0.15, 0.2) is 0 Å². The summed E-state index contributed by atoms with van der Waals surface area (Å²) in [4.78, 5) is 16.1. The zero-order valence-electron chi connectivity index (χ0n) is 11.2. The van der Waals surface area contributed by atoms with Gasteiger partial charge in [-0.05, 0) is 18.8 Å². The molecule has 0 fully saturated rings. The van der Waals surface area contributed by atoms with Gasteiger partial charge in [-0.25, -0.2) is 4.98 Å². The van der Waals surface area contributed by atoms with Crippen LogP contribution in [0.2, 0.25) is 0 Å². The lowest BCUT2D eigenvalue weighted by molar-refractivity contribution is 0.275. The van der Waals surface area contributed by atoms with Crippen LogP contribution in [0.3, 0.4) is 0 Å². The Morgan fingerprint density at radius 2 is 2.16 bits per heavy atom. The van der Waals surface area contributed by atoms with Crippen LogP contribution in [-0.2, 0) is 0 Å². The number of aromatic nitrogens is 5. The van der Waals surface area contributed by atoms with Gasteiger partial charge in [-0.2, -0.15) is 15.0 Å². The van der Waals surface area contributed by atoms with Crippen LogP contribution in [0.15, 0.2) is 18.7 Å². The van der Waals surface area contributed by atoms with Gasteiger partial charge in [0, 0.05) is 12.4 Å². The van der Waals surface area contributed by atoms with Crippen LogP contribution in [0.5, 0.6) is 6.01 Å². The number of nitrogen functional groups attached to an aromatic ring is 1. The minimum absolute atomic E-state index is 0.137. The smallest absolute Gasteiger partial charge is 0.323 e. The molecule has 0 saturated carbocycles. The van der Waals surface area contributed by atoms with Crippen LogP contribution in [0.25, 0.3) is 5.95 Å². The van der Waals surface area contributed by atoms with Crippen LogP contribution >= 0.6 is 0 Å². The van der Waals surface area contributed by atoms with E-state index in [2.05, 4.69) is 33.8 Å². The molecule has 19 heavy (non-hydrogen) atoms. The highest BCUT2D eigenvalue weighted by atomic mass is 16.5. The first kappa shape index (κ1) is 13.3. The van der Waals surface area contributed by atoms with E-state index in [9.17, 15) is 0 Å². The summed E-state index contributed by atoms with van der Waals surface area (Å²) in [5.74, 6) is 1.20. The second-order valence-electron chi connectivity index (χ2n) is 4.63. The number of rotatable bonds is 6. The molecule has 2 N–H and O–H groups in total. The number of imidazole rings is 1. The monoisotopic (exact) mass is 262 g/mol. The number of nitrogens with zero attached hydrogens (tertiary/aromatic N) is 5. The Morgan fingerprint density at radius 1 is 1.32 bits per heavy atom. The molecule has 0 aromatic carbocycles. The fraction of sp³-hybridized carbons (Fsp3) is 0.500. The van der Waals surface area contributed by atoms with E-state index in [0.29, 0.717) is 18.5 Å². The summed E-state index contributed by atoms with van der Waals surface area (Å²) in [6.45, 7) is 4.93. The average Bonchev–Trinajstić information content (AvgIpc) is 2.87. The first-order valence-corrected chi connectivity index (χ1v) is 6.28. The molecule has 2 aromatic rings. The summed E-state index contributed by atoms with van der Waals surface area (Å²) in [5, 5.41) is 0. The van der Waals surface area contributed by atoms with Crippen molar-refractivity contribution in [3.05, 3.63) is 18.7 Å². The van der Waals surface area contributed by atoms with E-state index in [-0.39, 0.29) is 12.0 Å². The van der Waals surface area contributed by atoms with E-state index in [1.807, 2.05) is 0 Å². The SMILES string of the molecule is CC(C)CCCOc1nc(N)nc(-n2ccnc2)n1. The van der Waals surface area contributed by atoms with Gasteiger partial charge >= 0.3 is 6.01 Å². The molecule has 2 rings (SSSR count). The Bertz CT molecular complexity index is 511. The van der Waals surface area contributed by atoms with Gasteiger partial charge in [-0.1, -0.05) is 13.8 Å². The highest BCUT2D eigenvalue weighted by Crippen LogP contribution is 2.10. The van der Waals surface area contributed by atoms with Crippen molar-refractivity contribution < 1.29 is 4.74 Å². The van der Waals surface area contributed by atoms with Gasteiger partial charge in [0.1, 0.15) is 6.33 Å². The predicted molar refractivity (Wildman–Crippen MR) is 70.9 cm³/mol. The Morgan fingerprint density at radius 3 is 2.84 bits per heavy atom. The zero-order chi connectivity index (χ0) is 13.7. The third-order valence-electron chi connectivity index (χ3n) is 2.51. The molecule has 0 unspecified atom stereocenters. The third-order valence-corrected chi connectivity index (χ3v) is 2.51. The maximum absolute atomic E-state index is 5.64. The fourth-order valence-corrected chi connectivity index (χ4v) is 1.57. The van der Waals surface area contributed by atoms with Crippen molar-refractivity contribution in [3.63, 3.8) is 0 Å². The number of hydrogen-bond acceptors (Lipinski definition) is 6. The van der Waals surface area contributed by atoms with Crippen molar-refractivity contribution >= 4 is 5.95 Å². The highest BCUT2D eigenvalue weighted by Gasteiger charge is 2.07. The maximum Gasteiger partial charge on any atom is 0.323 e. The summed E-state index contributed by atoms with van der Waals surface area (Å²) in [6.07, 6.45) is 7.04. The van der Waals surface area contributed by atoms with E-state index < -0.39 is 0 Å². The van der Waals surface area contributed by atoms with E-state index in [4.69, 9.17) is 10.5 Å². The maximum atomic E-state index is 5.64. The van der Waals surface area contributed by atoms with Crippen molar-refractivity contribution in [1.82, 2.24) is 24.5 Å². The van der Waals surface area contributed by atoms with E-state index in [1.165, 1.54) is 0 Å².